The first-order chi connectivity index (χ1) is 9.26. The zero-order valence-corrected chi connectivity index (χ0v) is 11.9. The van der Waals surface area contributed by atoms with Gasteiger partial charge in [-0.1, -0.05) is 0 Å². The Balaban J connectivity index is 2.15. The number of fused-ring (bicyclic) bond motifs is 1. The predicted molar refractivity (Wildman–Crippen MR) is 70.2 cm³/mol. The second kappa shape index (κ2) is 5.15. The third-order valence-corrected chi connectivity index (χ3v) is 2.94. The summed E-state index contributed by atoms with van der Waals surface area (Å²) in [6.07, 6.45) is 1.11. The maximum absolute atomic E-state index is 12.1. The molecule has 0 unspecified atom stereocenters. The molecule has 2 heterocycles. The van der Waals surface area contributed by atoms with E-state index in [0.717, 1.165) is 5.69 Å². The number of carboxylic acid groups (broad SMARTS) is 1. The molecule has 0 saturated carbocycles. The number of hydrogen-bond donors (Lipinski definition) is 1. The molecule has 1 aliphatic heterocycles. The summed E-state index contributed by atoms with van der Waals surface area (Å²) in [5.41, 5.74) is 0.241. The van der Waals surface area contributed by atoms with Crippen molar-refractivity contribution in [2.24, 2.45) is 0 Å². The minimum atomic E-state index is -0.914. The molecule has 1 N–H and O–H groups in total. The van der Waals surface area contributed by atoms with Gasteiger partial charge in [0.15, 0.2) is 0 Å². The van der Waals surface area contributed by atoms with Crippen molar-refractivity contribution in [3.63, 3.8) is 0 Å². The summed E-state index contributed by atoms with van der Waals surface area (Å²) in [6.45, 7) is 6.07. The van der Waals surface area contributed by atoms with Gasteiger partial charge in [0.2, 0.25) is 0 Å². The van der Waals surface area contributed by atoms with Gasteiger partial charge < -0.3 is 14.7 Å². The second-order valence-corrected chi connectivity index (χ2v) is 5.88. The molecule has 7 heteroatoms. The molecule has 0 fully saturated rings. The number of nitrogens with zero attached hydrogens (tertiary/aromatic N) is 3. The number of hydrogen-bond acceptors (Lipinski definition) is 4. The quantitative estimate of drug-likeness (QED) is 0.891. The minimum Gasteiger partial charge on any atom is -0.481 e. The Hall–Kier alpha value is -2.05. The van der Waals surface area contributed by atoms with Crippen LogP contribution in [0.2, 0.25) is 0 Å². The summed E-state index contributed by atoms with van der Waals surface area (Å²) >= 11 is 0. The van der Waals surface area contributed by atoms with Crippen molar-refractivity contribution in [3.05, 3.63) is 18.0 Å². The van der Waals surface area contributed by atoms with Gasteiger partial charge in [-0.05, 0) is 26.8 Å². The Labute approximate surface area is 117 Å². The number of aromatic nitrogens is 2. The van der Waals surface area contributed by atoms with E-state index in [1.807, 2.05) is 0 Å². The molecule has 2 rings (SSSR count). The number of ether oxygens (including phenoxy) is 1. The first kappa shape index (κ1) is 14.4. The average Bonchev–Trinajstić information content (AvgIpc) is 2.73. The summed E-state index contributed by atoms with van der Waals surface area (Å²) in [5.74, 6) is -0.914. The van der Waals surface area contributed by atoms with Crippen LogP contribution in [-0.2, 0) is 16.1 Å². The summed E-state index contributed by atoms with van der Waals surface area (Å²) in [5, 5.41) is 13.1. The predicted octanol–water partition coefficient (Wildman–Crippen LogP) is 1.65. The monoisotopic (exact) mass is 281 g/mol. The van der Waals surface area contributed by atoms with Crippen molar-refractivity contribution in [2.45, 2.75) is 45.4 Å². The topological polar surface area (TPSA) is 84.7 Å². The Kier molecular flexibility index (Phi) is 3.69. The Morgan fingerprint density at radius 3 is 2.80 bits per heavy atom. The van der Waals surface area contributed by atoms with Crippen LogP contribution in [0.15, 0.2) is 12.3 Å². The number of carbonyl (C=O) groups is 2. The SMILES string of the molecule is CC(C)(C)OC(=O)N1Cc2ccnn2[C@@H](CC(=O)O)C1. The molecule has 1 aromatic rings. The fourth-order valence-electron chi connectivity index (χ4n) is 2.21. The van der Waals surface area contributed by atoms with E-state index in [2.05, 4.69) is 5.10 Å². The highest BCUT2D eigenvalue weighted by atomic mass is 16.6. The van der Waals surface area contributed by atoms with E-state index in [-0.39, 0.29) is 19.0 Å². The van der Waals surface area contributed by atoms with Gasteiger partial charge in [0.05, 0.1) is 24.7 Å². The van der Waals surface area contributed by atoms with E-state index >= 15 is 0 Å². The lowest BCUT2D eigenvalue weighted by molar-refractivity contribution is -0.138. The summed E-state index contributed by atoms with van der Waals surface area (Å²) in [7, 11) is 0. The molecular formula is C13H19N3O4. The van der Waals surface area contributed by atoms with Crippen molar-refractivity contribution in [1.82, 2.24) is 14.7 Å². The van der Waals surface area contributed by atoms with Crippen LogP contribution in [0.25, 0.3) is 0 Å². The van der Waals surface area contributed by atoms with E-state index in [1.165, 1.54) is 4.90 Å². The van der Waals surface area contributed by atoms with E-state index in [1.54, 1.807) is 37.7 Å². The van der Waals surface area contributed by atoms with E-state index in [0.29, 0.717) is 6.54 Å². The number of aliphatic carboxylic acids is 1. The van der Waals surface area contributed by atoms with Crippen LogP contribution in [-0.4, -0.2) is 44.0 Å². The van der Waals surface area contributed by atoms with Gasteiger partial charge in [-0.15, -0.1) is 0 Å². The normalized spacial score (nSPS) is 18.6. The fraction of sp³-hybridized carbons (Fsp3) is 0.615. The average molecular weight is 281 g/mol. The Morgan fingerprint density at radius 1 is 1.50 bits per heavy atom. The molecule has 0 aliphatic carbocycles. The third kappa shape index (κ3) is 3.28. The van der Waals surface area contributed by atoms with Crippen LogP contribution in [0.1, 0.15) is 38.9 Å². The zero-order valence-electron chi connectivity index (χ0n) is 11.9. The van der Waals surface area contributed by atoms with Crippen LogP contribution < -0.4 is 0 Å². The molecule has 0 radical (unpaired) electrons. The van der Waals surface area contributed by atoms with Crippen molar-refractivity contribution in [2.75, 3.05) is 6.54 Å². The molecule has 110 valence electrons. The van der Waals surface area contributed by atoms with E-state index < -0.39 is 17.7 Å². The molecule has 1 atom stereocenters. The van der Waals surface area contributed by atoms with Gasteiger partial charge in [0.25, 0.3) is 0 Å². The largest absolute Gasteiger partial charge is 0.481 e. The molecule has 20 heavy (non-hydrogen) atoms. The Bertz CT molecular complexity index is 518. The smallest absolute Gasteiger partial charge is 0.410 e. The fourth-order valence-corrected chi connectivity index (χ4v) is 2.21. The molecule has 0 saturated heterocycles. The van der Waals surface area contributed by atoms with Crippen molar-refractivity contribution in [1.29, 1.82) is 0 Å². The highest BCUT2D eigenvalue weighted by molar-refractivity contribution is 5.69. The summed E-state index contributed by atoms with van der Waals surface area (Å²) in [4.78, 5) is 24.6. The van der Waals surface area contributed by atoms with Crippen LogP contribution in [0.4, 0.5) is 4.79 Å². The molecule has 0 spiro atoms. The molecule has 7 nitrogen and oxygen atoms in total. The van der Waals surface area contributed by atoms with Crippen LogP contribution >= 0.6 is 0 Å². The van der Waals surface area contributed by atoms with Crippen LogP contribution in [0.5, 0.6) is 0 Å². The standard InChI is InChI=1S/C13H19N3O4/c1-13(2,3)20-12(19)15-7-9-4-5-14-16(9)10(8-15)6-11(17)18/h4-5,10H,6-8H2,1-3H3,(H,17,18)/t10-/m0/s1. The van der Waals surface area contributed by atoms with Gasteiger partial charge in [0, 0.05) is 12.7 Å². The number of carboxylic acids is 1. The van der Waals surface area contributed by atoms with Gasteiger partial charge >= 0.3 is 12.1 Å². The first-order valence-electron chi connectivity index (χ1n) is 6.48. The van der Waals surface area contributed by atoms with Crippen LogP contribution in [0, 0.1) is 0 Å². The molecule has 0 bridgehead atoms. The van der Waals surface area contributed by atoms with Crippen molar-refractivity contribution >= 4 is 12.1 Å². The van der Waals surface area contributed by atoms with Crippen molar-refractivity contribution < 1.29 is 19.4 Å². The molecule has 1 aromatic heterocycles. The zero-order chi connectivity index (χ0) is 14.9. The van der Waals surface area contributed by atoms with Crippen LogP contribution in [0.3, 0.4) is 0 Å². The highest BCUT2D eigenvalue weighted by Crippen LogP contribution is 2.24. The molecule has 0 aromatic carbocycles. The van der Waals surface area contributed by atoms with E-state index in [4.69, 9.17) is 9.84 Å². The molecule has 1 aliphatic rings. The van der Waals surface area contributed by atoms with Gasteiger partial charge in [-0.2, -0.15) is 5.10 Å². The lowest BCUT2D eigenvalue weighted by Crippen LogP contribution is -2.44. The highest BCUT2D eigenvalue weighted by Gasteiger charge is 2.32. The van der Waals surface area contributed by atoms with Gasteiger partial charge in [-0.3, -0.25) is 9.48 Å². The van der Waals surface area contributed by atoms with Crippen molar-refractivity contribution in [3.8, 4) is 0 Å². The number of carbonyl (C=O) groups excluding carboxylic acids is 1. The lowest BCUT2D eigenvalue weighted by Gasteiger charge is -2.34. The van der Waals surface area contributed by atoms with Gasteiger partial charge in [-0.25, -0.2) is 4.79 Å². The third-order valence-electron chi connectivity index (χ3n) is 2.94. The second-order valence-electron chi connectivity index (χ2n) is 5.88. The summed E-state index contributed by atoms with van der Waals surface area (Å²) in [6, 6.07) is 1.42. The van der Waals surface area contributed by atoms with Gasteiger partial charge in [0.1, 0.15) is 5.60 Å². The lowest BCUT2D eigenvalue weighted by atomic mass is 10.1. The summed E-state index contributed by atoms with van der Waals surface area (Å²) < 4.78 is 7.01. The Morgan fingerprint density at radius 2 is 2.20 bits per heavy atom. The maximum atomic E-state index is 12.1. The number of amides is 1. The first-order valence-corrected chi connectivity index (χ1v) is 6.48. The minimum absolute atomic E-state index is 0.0754. The molecular weight excluding hydrogens is 262 g/mol. The number of rotatable bonds is 2. The van der Waals surface area contributed by atoms with E-state index in [9.17, 15) is 9.59 Å². The molecule has 1 amide bonds. The maximum Gasteiger partial charge on any atom is 0.410 e.